The molecule has 6 rings (SSSR count). The number of aliphatic hydroxyl groups is 1. The molecule has 0 aliphatic carbocycles. The second kappa shape index (κ2) is 12.0. The van der Waals surface area contributed by atoms with Gasteiger partial charge in [-0.2, -0.15) is 0 Å². The second-order valence-electron chi connectivity index (χ2n) is 10.8. The smallest absolute Gasteiger partial charge is 0.135 e. The zero-order valence-corrected chi connectivity index (χ0v) is 22.5. The molecule has 1 aromatic heterocycles. The monoisotopic (exact) mass is 515 g/mol. The first-order chi connectivity index (χ1) is 19.3. The van der Waals surface area contributed by atoms with Crippen LogP contribution in [-0.4, -0.2) is 32.1 Å². The molecule has 0 bridgehead atoms. The summed E-state index contributed by atoms with van der Waals surface area (Å²) >= 11 is 0. The SMILES string of the molecule is OCc1nc2ccccc2n1CCc1ccccc1C1CCN(Cc2ccccc2)C(Cc2ccccc2)C1. The number of rotatable bonds is 9. The maximum atomic E-state index is 9.97. The van der Waals surface area contributed by atoms with Crippen LogP contribution in [0, 0.1) is 0 Å². The van der Waals surface area contributed by atoms with Crippen LogP contribution >= 0.6 is 0 Å². The summed E-state index contributed by atoms with van der Waals surface area (Å²) in [5.41, 5.74) is 7.75. The van der Waals surface area contributed by atoms with E-state index in [0.717, 1.165) is 55.8 Å². The van der Waals surface area contributed by atoms with E-state index >= 15 is 0 Å². The van der Waals surface area contributed by atoms with E-state index in [1.54, 1.807) is 0 Å². The van der Waals surface area contributed by atoms with Gasteiger partial charge in [-0.25, -0.2) is 4.98 Å². The van der Waals surface area contributed by atoms with Gasteiger partial charge in [0.25, 0.3) is 0 Å². The third-order valence-corrected chi connectivity index (χ3v) is 8.36. The summed E-state index contributed by atoms with van der Waals surface area (Å²) < 4.78 is 2.19. The van der Waals surface area contributed by atoms with Crippen LogP contribution in [0.2, 0.25) is 0 Å². The number of benzene rings is 4. The van der Waals surface area contributed by atoms with Gasteiger partial charge in [0.2, 0.25) is 0 Å². The van der Waals surface area contributed by atoms with Crippen molar-refractivity contribution < 1.29 is 5.11 Å². The predicted molar refractivity (Wildman–Crippen MR) is 159 cm³/mol. The summed E-state index contributed by atoms with van der Waals surface area (Å²) in [6.45, 7) is 2.88. The van der Waals surface area contributed by atoms with Crippen molar-refractivity contribution in [3.05, 3.63) is 137 Å². The quantitative estimate of drug-likeness (QED) is 0.236. The zero-order valence-electron chi connectivity index (χ0n) is 22.5. The van der Waals surface area contributed by atoms with Gasteiger partial charge in [0.05, 0.1) is 11.0 Å². The van der Waals surface area contributed by atoms with Crippen LogP contribution in [0.25, 0.3) is 11.0 Å². The number of nitrogens with zero attached hydrogens (tertiary/aromatic N) is 3. The molecule has 1 N–H and O–H groups in total. The summed E-state index contributed by atoms with van der Waals surface area (Å²) in [4.78, 5) is 7.36. The summed E-state index contributed by atoms with van der Waals surface area (Å²) in [5.74, 6) is 1.28. The maximum Gasteiger partial charge on any atom is 0.135 e. The van der Waals surface area contributed by atoms with Gasteiger partial charge in [0, 0.05) is 19.1 Å². The van der Waals surface area contributed by atoms with E-state index in [9.17, 15) is 5.11 Å². The third kappa shape index (κ3) is 5.83. The Morgan fingerprint density at radius 1 is 0.769 bits per heavy atom. The molecule has 0 amide bonds. The highest BCUT2D eigenvalue weighted by molar-refractivity contribution is 5.75. The first kappa shape index (κ1) is 25.5. The highest BCUT2D eigenvalue weighted by Gasteiger charge is 2.30. The lowest BCUT2D eigenvalue weighted by Crippen LogP contribution is -2.42. The van der Waals surface area contributed by atoms with E-state index in [2.05, 4.69) is 105 Å². The Morgan fingerprint density at radius 3 is 2.26 bits per heavy atom. The Morgan fingerprint density at radius 2 is 1.46 bits per heavy atom. The van der Waals surface area contributed by atoms with Gasteiger partial charge in [-0.05, 0) is 72.5 Å². The lowest BCUT2D eigenvalue weighted by molar-refractivity contribution is 0.125. The molecule has 4 heteroatoms. The average Bonchev–Trinajstić information content (AvgIpc) is 3.36. The van der Waals surface area contributed by atoms with Crippen molar-refractivity contribution in [1.82, 2.24) is 14.5 Å². The van der Waals surface area contributed by atoms with Crippen molar-refractivity contribution in [2.24, 2.45) is 0 Å². The molecule has 1 aliphatic heterocycles. The fourth-order valence-corrected chi connectivity index (χ4v) is 6.39. The van der Waals surface area contributed by atoms with E-state index < -0.39 is 0 Å². The highest BCUT2D eigenvalue weighted by atomic mass is 16.3. The summed E-state index contributed by atoms with van der Waals surface area (Å²) in [6, 6.07) is 39.6. The minimum Gasteiger partial charge on any atom is -0.388 e. The lowest BCUT2D eigenvalue weighted by Gasteiger charge is -2.40. The van der Waals surface area contributed by atoms with E-state index in [-0.39, 0.29) is 6.61 Å². The Bertz CT molecular complexity index is 1490. The molecular weight excluding hydrogens is 478 g/mol. The van der Waals surface area contributed by atoms with Crippen molar-refractivity contribution in [2.45, 2.75) is 57.3 Å². The Kier molecular flexibility index (Phi) is 7.85. The number of fused-ring (bicyclic) bond motifs is 1. The number of para-hydroxylation sites is 2. The van der Waals surface area contributed by atoms with Gasteiger partial charge < -0.3 is 9.67 Å². The molecule has 2 heterocycles. The summed E-state index contributed by atoms with van der Waals surface area (Å²) in [7, 11) is 0. The fraction of sp³-hybridized carbons (Fsp3) is 0.286. The minimum absolute atomic E-state index is 0.0443. The molecule has 4 aromatic carbocycles. The summed E-state index contributed by atoms with van der Waals surface area (Å²) in [6.07, 6.45) is 4.34. The number of aryl methyl sites for hydroxylation is 2. The Balaban J connectivity index is 1.23. The summed E-state index contributed by atoms with van der Waals surface area (Å²) in [5, 5.41) is 9.97. The Hall–Kier alpha value is -3.73. The molecule has 0 saturated carbocycles. The molecule has 0 spiro atoms. The van der Waals surface area contributed by atoms with Crippen LogP contribution in [0.4, 0.5) is 0 Å². The van der Waals surface area contributed by atoms with E-state index in [4.69, 9.17) is 0 Å². The normalized spacial score (nSPS) is 18.0. The van der Waals surface area contributed by atoms with Crippen LogP contribution < -0.4 is 0 Å². The number of aromatic nitrogens is 2. The van der Waals surface area contributed by atoms with Gasteiger partial charge >= 0.3 is 0 Å². The van der Waals surface area contributed by atoms with E-state index in [1.165, 1.54) is 28.7 Å². The van der Waals surface area contributed by atoms with Gasteiger partial charge in [0.15, 0.2) is 0 Å². The van der Waals surface area contributed by atoms with Crippen molar-refractivity contribution in [3.63, 3.8) is 0 Å². The number of hydrogen-bond donors (Lipinski definition) is 1. The molecular formula is C35H37N3O. The first-order valence-corrected chi connectivity index (χ1v) is 14.2. The predicted octanol–water partition coefficient (Wildman–Crippen LogP) is 6.76. The van der Waals surface area contributed by atoms with Crippen LogP contribution in [0.5, 0.6) is 0 Å². The van der Waals surface area contributed by atoms with Gasteiger partial charge in [0.1, 0.15) is 12.4 Å². The van der Waals surface area contributed by atoms with Crippen LogP contribution in [0.1, 0.15) is 46.8 Å². The van der Waals surface area contributed by atoms with Crippen molar-refractivity contribution in [3.8, 4) is 0 Å². The molecule has 39 heavy (non-hydrogen) atoms. The topological polar surface area (TPSA) is 41.3 Å². The number of likely N-dealkylation sites (tertiary alicyclic amines) is 1. The molecule has 198 valence electrons. The van der Waals surface area contributed by atoms with Gasteiger partial charge in [-0.1, -0.05) is 97.1 Å². The molecule has 2 unspecified atom stereocenters. The number of imidazole rings is 1. The van der Waals surface area contributed by atoms with E-state index in [0.29, 0.717) is 12.0 Å². The van der Waals surface area contributed by atoms with Crippen LogP contribution in [-0.2, 0) is 32.5 Å². The molecule has 1 fully saturated rings. The number of aliphatic hydroxyl groups excluding tert-OH is 1. The second-order valence-corrected chi connectivity index (χ2v) is 10.8. The van der Waals surface area contributed by atoms with Crippen molar-refractivity contribution >= 4 is 11.0 Å². The molecule has 5 aromatic rings. The average molecular weight is 516 g/mol. The fourth-order valence-electron chi connectivity index (χ4n) is 6.39. The Labute approximate surface area is 231 Å². The zero-order chi connectivity index (χ0) is 26.4. The maximum absolute atomic E-state index is 9.97. The lowest BCUT2D eigenvalue weighted by atomic mass is 9.80. The van der Waals surface area contributed by atoms with Crippen LogP contribution in [0.15, 0.2) is 109 Å². The molecule has 0 radical (unpaired) electrons. The largest absolute Gasteiger partial charge is 0.388 e. The van der Waals surface area contributed by atoms with Gasteiger partial charge in [-0.15, -0.1) is 0 Å². The third-order valence-electron chi connectivity index (χ3n) is 8.36. The molecule has 1 aliphatic rings. The van der Waals surface area contributed by atoms with E-state index in [1.807, 2.05) is 18.2 Å². The van der Waals surface area contributed by atoms with Gasteiger partial charge in [-0.3, -0.25) is 4.90 Å². The molecule has 4 nitrogen and oxygen atoms in total. The standard InChI is InChI=1S/C35H37N3O/c39-26-35-36-33-17-9-10-18-34(33)38(35)22-20-29-15-7-8-16-32(29)30-19-21-37(25-28-13-5-2-6-14-28)31(24-30)23-27-11-3-1-4-12-27/h1-18,30-31,39H,19-26H2. The molecule has 2 atom stereocenters. The number of hydrogen-bond acceptors (Lipinski definition) is 3. The van der Waals surface area contributed by atoms with Crippen molar-refractivity contribution in [1.29, 1.82) is 0 Å². The molecule has 1 saturated heterocycles. The van der Waals surface area contributed by atoms with Crippen molar-refractivity contribution in [2.75, 3.05) is 6.54 Å². The minimum atomic E-state index is -0.0443. The van der Waals surface area contributed by atoms with Crippen LogP contribution in [0.3, 0.4) is 0 Å². The number of piperidine rings is 1. The highest BCUT2D eigenvalue weighted by Crippen LogP contribution is 2.36. The first-order valence-electron chi connectivity index (χ1n) is 14.2.